The van der Waals surface area contributed by atoms with Crippen LogP contribution >= 0.6 is 23.2 Å². The van der Waals surface area contributed by atoms with Gasteiger partial charge in [0.15, 0.2) is 0 Å². The normalized spacial score (nSPS) is 10.4. The summed E-state index contributed by atoms with van der Waals surface area (Å²) in [6, 6.07) is 11.3. The van der Waals surface area contributed by atoms with Crippen molar-refractivity contribution in [3.63, 3.8) is 0 Å². The van der Waals surface area contributed by atoms with Crippen molar-refractivity contribution in [1.82, 2.24) is 0 Å². The maximum absolute atomic E-state index is 6.23. The molecule has 0 bridgehead atoms. The molecule has 0 radical (unpaired) electrons. The van der Waals surface area contributed by atoms with Crippen LogP contribution in [-0.4, -0.2) is 7.11 Å². The second-order valence-corrected chi connectivity index (χ2v) is 4.61. The molecule has 0 fully saturated rings. The van der Waals surface area contributed by atoms with Crippen molar-refractivity contribution in [3.8, 4) is 16.9 Å². The second-order valence-electron chi connectivity index (χ2n) is 3.83. The topological polar surface area (TPSA) is 35.2 Å². The van der Waals surface area contributed by atoms with Crippen LogP contribution in [-0.2, 0) is 6.54 Å². The molecule has 0 spiro atoms. The standard InChI is InChI=1S/C14H13Cl2NO/c1-18-10-5-6-11(9(7-10)8-17)12-3-2-4-13(15)14(12)16/h2-7H,8,17H2,1H3. The van der Waals surface area contributed by atoms with E-state index < -0.39 is 0 Å². The van der Waals surface area contributed by atoms with E-state index in [0.717, 1.165) is 22.4 Å². The molecule has 0 aliphatic heterocycles. The lowest BCUT2D eigenvalue weighted by Gasteiger charge is -2.12. The summed E-state index contributed by atoms with van der Waals surface area (Å²) in [5, 5.41) is 1.08. The van der Waals surface area contributed by atoms with Gasteiger partial charge >= 0.3 is 0 Å². The third-order valence-corrected chi connectivity index (χ3v) is 3.59. The van der Waals surface area contributed by atoms with Crippen LogP contribution in [0.4, 0.5) is 0 Å². The van der Waals surface area contributed by atoms with Gasteiger partial charge in [0, 0.05) is 12.1 Å². The number of hydrogen-bond acceptors (Lipinski definition) is 2. The third kappa shape index (κ3) is 2.46. The van der Waals surface area contributed by atoms with Gasteiger partial charge in [0.25, 0.3) is 0 Å². The molecule has 0 atom stereocenters. The fraction of sp³-hybridized carbons (Fsp3) is 0.143. The van der Waals surface area contributed by atoms with Gasteiger partial charge in [-0.05, 0) is 29.3 Å². The average Bonchev–Trinajstić information content (AvgIpc) is 2.41. The SMILES string of the molecule is COc1ccc(-c2cccc(Cl)c2Cl)c(CN)c1. The summed E-state index contributed by atoms with van der Waals surface area (Å²) in [4.78, 5) is 0. The van der Waals surface area contributed by atoms with E-state index in [1.807, 2.05) is 30.3 Å². The fourth-order valence-corrected chi connectivity index (χ4v) is 2.24. The molecule has 2 aromatic carbocycles. The summed E-state index contributed by atoms with van der Waals surface area (Å²) in [5.74, 6) is 0.775. The highest BCUT2D eigenvalue weighted by molar-refractivity contribution is 6.43. The zero-order valence-electron chi connectivity index (χ0n) is 9.91. The molecule has 0 heterocycles. The lowest BCUT2D eigenvalue weighted by atomic mass is 9.99. The Morgan fingerprint density at radius 1 is 1.11 bits per heavy atom. The van der Waals surface area contributed by atoms with Crippen LogP contribution in [0.1, 0.15) is 5.56 Å². The Kier molecular flexibility index (Phi) is 4.12. The molecule has 2 N–H and O–H groups in total. The molecule has 0 aliphatic carbocycles. The maximum atomic E-state index is 6.23. The highest BCUT2D eigenvalue weighted by atomic mass is 35.5. The van der Waals surface area contributed by atoms with Gasteiger partial charge in [-0.25, -0.2) is 0 Å². The summed E-state index contributed by atoms with van der Waals surface area (Å²) in [6.45, 7) is 0.412. The predicted octanol–water partition coefficient (Wildman–Crippen LogP) is 4.13. The number of nitrogens with two attached hydrogens (primary N) is 1. The molecule has 0 saturated carbocycles. The molecule has 0 aliphatic rings. The van der Waals surface area contributed by atoms with Crippen molar-refractivity contribution in [2.45, 2.75) is 6.54 Å². The summed E-state index contributed by atoms with van der Waals surface area (Å²) in [6.07, 6.45) is 0. The van der Waals surface area contributed by atoms with Crippen LogP contribution in [0.15, 0.2) is 36.4 Å². The summed E-state index contributed by atoms with van der Waals surface area (Å²) in [5.41, 5.74) is 8.60. The van der Waals surface area contributed by atoms with Crippen LogP contribution in [0.25, 0.3) is 11.1 Å². The summed E-state index contributed by atoms with van der Waals surface area (Å²) in [7, 11) is 1.63. The Morgan fingerprint density at radius 2 is 1.89 bits per heavy atom. The molecule has 4 heteroatoms. The van der Waals surface area contributed by atoms with Crippen LogP contribution in [0.3, 0.4) is 0 Å². The van der Waals surface area contributed by atoms with Gasteiger partial charge in [0.1, 0.15) is 5.75 Å². The monoisotopic (exact) mass is 281 g/mol. The van der Waals surface area contributed by atoms with E-state index in [1.165, 1.54) is 0 Å². The largest absolute Gasteiger partial charge is 0.497 e. The Morgan fingerprint density at radius 3 is 2.56 bits per heavy atom. The maximum Gasteiger partial charge on any atom is 0.119 e. The molecule has 2 nitrogen and oxygen atoms in total. The smallest absolute Gasteiger partial charge is 0.119 e. The first-order chi connectivity index (χ1) is 8.67. The minimum atomic E-state index is 0.412. The van der Waals surface area contributed by atoms with E-state index in [4.69, 9.17) is 33.7 Å². The molecule has 2 rings (SSSR count). The molecule has 0 amide bonds. The van der Waals surface area contributed by atoms with Crippen LogP contribution < -0.4 is 10.5 Å². The molecule has 0 saturated heterocycles. The molecule has 0 unspecified atom stereocenters. The number of halogens is 2. The molecule has 94 valence electrons. The van der Waals surface area contributed by atoms with Gasteiger partial charge in [-0.1, -0.05) is 41.4 Å². The van der Waals surface area contributed by atoms with Gasteiger partial charge in [-0.2, -0.15) is 0 Å². The van der Waals surface area contributed by atoms with Crippen molar-refractivity contribution < 1.29 is 4.74 Å². The Balaban J connectivity index is 2.60. The van der Waals surface area contributed by atoms with E-state index in [2.05, 4.69) is 0 Å². The van der Waals surface area contributed by atoms with E-state index in [9.17, 15) is 0 Å². The lowest BCUT2D eigenvalue weighted by Crippen LogP contribution is -2.00. The van der Waals surface area contributed by atoms with E-state index >= 15 is 0 Å². The van der Waals surface area contributed by atoms with E-state index in [-0.39, 0.29) is 0 Å². The summed E-state index contributed by atoms with van der Waals surface area (Å²) >= 11 is 12.3. The highest BCUT2D eigenvalue weighted by Gasteiger charge is 2.11. The first-order valence-corrected chi connectivity index (χ1v) is 6.24. The Bertz CT molecular complexity index is 570. The van der Waals surface area contributed by atoms with Gasteiger partial charge in [0.05, 0.1) is 17.2 Å². The Hall–Kier alpha value is -1.22. The van der Waals surface area contributed by atoms with Crippen molar-refractivity contribution in [3.05, 3.63) is 52.0 Å². The molecule has 2 aromatic rings. The highest BCUT2D eigenvalue weighted by Crippen LogP contribution is 2.36. The van der Waals surface area contributed by atoms with Crippen molar-refractivity contribution in [1.29, 1.82) is 0 Å². The summed E-state index contributed by atoms with van der Waals surface area (Å²) < 4.78 is 5.19. The first-order valence-electron chi connectivity index (χ1n) is 5.48. The van der Waals surface area contributed by atoms with Crippen molar-refractivity contribution in [2.24, 2.45) is 5.73 Å². The van der Waals surface area contributed by atoms with E-state index in [1.54, 1.807) is 13.2 Å². The number of ether oxygens (including phenoxy) is 1. The van der Waals surface area contributed by atoms with Crippen molar-refractivity contribution >= 4 is 23.2 Å². The zero-order valence-corrected chi connectivity index (χ0v) is 11.4. The fourth-order valence-electron chi connectivity index (χ4n) is 1.84. The number of methoxy groups -OCH3 is 1. The zero-order chi connectivity index (χ0) is 13.1. The third-order valence-electron chi connectivity index (χ3n) is 2.77. The van der Waals surface area contributed by atoms with Crippen LogP contribution in [0.2, 0.25) is 10.0 Å². The van der Waals surface area contributed by atoms with Crippen LogP contribution in [0.5, 0.6) is 5.75 Å². The van der Waals surface area contributed by atoms with Crippen molar-refractivity contribution in [2.75, 3.05) is 7.11 Å². The van der Waals surface area contributed by atoms with Gasteiger partial charge < -0.3 is 10.5 Å². The number of hydrogen-bond donors (Lipinski definition) is 1. The molecule has 18 heavy (non-hydrogen) atoms. The second kappa shape index (κ2) is 5.61. The Labute approximate surface area is 116 Å². The van der Waals surface area contributed by atoms with Gasteiger partial charge in [0.2, 0.25) is 0 Å². The minimum Gasteiger partial charge on any atom is -0.497 e. The molecule has 0 aromatic heterocycles. The minimum absolute atomic E-state index is 0.412. The quantitative estimate of drug-likeness (QED) is 0.918. The van der Waals surface area contributed by atoms with Crippen LogP contribution in [0, 0.1) is 0 Å². The number of benzene rings is 2. The van der Waals surface area contributed by atoms with Gasteiger partial charge in [-0.15, -0.1) is 0 Å². The molecular formula is C14H13Cl2NO. The predicted molar refractivity (Wildman–Crippen MR) is 76.3 cm³/mol. The van der Waals surface area contributed by atoms with E-state index in [0.29, 0.717) is 16.6 Å². The van der Waals surface area contributed by atoms with Gasteiger partial charge in [-0.3, -0.25) is 0 Å². The first kappa shape index (κ1) is 13.2. The number of rotatable bonds is 3. The molecular weight excluding hydrogens is 269 g/mol. The average molecular weight is 282 g/mol. The lowest BCUT2D eigenvalue weighted by molar-refractivity contribution is 0.414.